The van der Waals surface area contributed by atoms with Crippen molar-refractivity contribution in [2.75, 3.05) is 26.2 Å². The highest BCUT2D eigenvalue weighted by atomic mass is 16.5. The number of hydrogen-bond acceptors (Lipinski definition) is 5. The molecule has 0 amide bonds. The van der Waals surface area contributed by atoms with E-state index in [2.05, 4.69) is 318 Å². The molecule has 0 bridgehead atoms. The van der Waals surface area contributed by atoms with E-state index < -0.39 is 0 Å². The van der Waals surface area contributed by atoms with E-state index >= 15 is 0 Å². The fourth-order valence-corrected chi connectivity index (χ4v) is 10.4. The fraction of sp³-hybridized carbons (Fsp3) is 0.231. The molecule has 0 radical (unpaired) electrons. The monoisotopic (exact) mass is 1090 g/mol. The number of benzene rings is 10. The van der Waals surface area contributed by atoms with Crippen LogP contribution in [0.2, 0.25) is 0 Å². The first kappa shape index (κ1) is 58.8. The second-order valence-corrected chi connectivity index (χ2v) is 22.3. The van der Waals surface area contributed by atoms with Crippen LogP contribution in [0, 0.1) is 41.5 Å². The van der Waals surface area contributed by atoms with Crippen molar-refractivity contribution in [3.05, 3.63) is 282 Å². The number of hydrogen-bond donors (Lipinski definition) is 0. The number of aryl methyl sites for hydroxylation is 7. The maximum Gasteiger partial charge on any atom is 0.119 e. The number of nitrogens with zero attached hydrogens (tertiary/aromatic N) is 4. The van der Waals surface area contributed by atoms with Crippen molar-refractivity contribution in [2.45, 2.75) is 113 Å². The first-order valence-corrected chi connectivity index (χ1v) is 30.2. The molecule has 0 unspecified atom stereocenters. The summed E-state index contributed by atoms with van der Waals surface area (Å²) < 4.78 is 5.93. The van der Waals surface area contributed by atoms with Gasteiger partial charge >= 0.3 is 0 Å². The summed E-state index contributed by atoms with van der Waals surface area (Å²) in [6.45, 7) is 18.0. The Kier molecular flexibility index (Phi) is 20.7. The predicted molar refractivity (Wildman–Crippen MR) is 358 cm³/mol. The largest absolute Gasteiger partial charge is 0.494 e. The Balaban J connectivity index is 0.000000200. The highest BCUT2D eigenvalue weighted by Crippen LogP contribution is 2.42. The molecule has 0 N–H and O–H groups in total. The van der Waals surface area contributed by atoms with Crippen LogP contribution in [0.3, 0.4) is 0 Å². The molecule has 10 rings (SSSR count). The minimum atomic E-state index is 0.747. The summed E-state index contributed by atoms with van der Waals surface area (Å²) in [7, 11) is 0. The average molecular weight is 1090 g/mol. The smallest absolute Gasteiger partial charge is 0.119 e. The molecule has 0 spiro atoms. The van der Waals surface area contributed by atoms with E-state index in [-0.39, 0.29) is 0 Å². The standard InChI is InChI=1S/C41H46N2.C37H38N2O/c1-5-6-7-8-9-10-11-35-18-26-39(27-19-35)43(38-24-16-34(4)17-25-38)41-30-28-40(29-31-41)42(36-20-12-32(2)13-21-36)37-22-14-33(3)15-23-37;1-5-6-27-40-37-25-23-36(24-26-37)39(33-17-11-30(4)12-18-33)35-21-19-34(20-22-35)38(31-13-7-28(2)8-14-31)32-15-9-29(3)10-16-32/h12-31H,5-11H2,1-4H3;7-26H,5-6,27H2,1-4H3. The molecule has 0 saturated heterocycles. The molecule has 0 aliphatic rings. The molecule has 0 aliphatic carbocycles. The third-order valence-electron chi connectivity index (χ3n) is 15.4. The first-order chi connectivity index (χ1) is 40.5. The number of unbranched alkanes of at least 4 members (excludes halogenated alkanes) is 6. The second-order valence-electron chi connectivity index (χ2n) is 22.3. The Labute approximate surface area is 497 Å². The van der Waals surface area contributed by atoms with Gasteiger partial charge in [-0.1, -0.05) is 171 Å². The molecule has 10 aromatic carbocycles. The van der Waals surface area contributed by atoms with Gasteiger partial charge in [-0.2, -0.15) is 0 Å². The van der Waals surface area contributed by atoms with Crippen LogP contribution < -0.4 is 24.3 Å². The summed E-state index contributed by atoms with van der Waals surface area (Å²) in [6, 6.07) is 87.9. The lowest BCUT2D eigenvalue weighted by Crippen LogP contribution is -2.12. The van der Waals surface area contributed by atoms with E-state index in [4.69, 9.17) is 4.74 Å². The molecule has 0 atom stereocenters. The van der Waals surface area contributed by atoms with E-state index in [1.54, 1.807) is 0 Å². The molecule has 5 nitrogen and oxygen atoms in total. The van der Waals surface area contributed by atoms with Gasteiger partial charge in [-0.3, -0.25) is 0 Å². The van der Waals surface area contributed by atoms with Crippen LogP contribution in [-0.4, -0.2) is 6.61 Å². The normalized spacial score (nSPS) is 10.9. The third-order valence-corrected chi connectivity index (χ3v) is 15.4. The zero-order valence-electron chi connectivity index (χ0n) is 50.4. The zero-order chi connectivity index (χ0) is 57.9. The Morgan fingerprint density at radius 1 is 0.229 bits per heavy atom. The fourth-order valence-electron chi connectivity index (χ4n) is 10.4. The van der Waals surface area contributed by atoms with Gasteiger partial charge in [0.15, 0.2) is 0 Å². The van der Waals surface area contributed by atoms with Crippen LogP contribution in [0.4, 0.5) is 68.2 Å². The van der Waals surface area contributed by atoms with E-state index in [0.717, 1.165) is 94.2 Å². The van der Waals surface area contributed by atoms with Crippen LogP contribution in [0.1, 0.15) is 104 Å². The van der Waals surface area contributed by atoms with E-state index in [0.29, 0.717) is 0 Å². The van der Waals surface area contributed by atoms with Gasteiger partial charge in [0.2, 0.25) is 0 Å². The van der Waals surface area contributed by atoms with E-state index in [1.807, 2.05) is 0 Å². The third kappa shape index (κ3) is 16.0. The summed E-state index contributed by atoms with van der Waals surface area (Å²) in [6.07, 6.45) is 11.3. The minimum absolute atomic E-state index is 0.747. The molecule has 0 fully saturated rings. The van der Waals surface area contributed by atoms with Gasteiger partial charge in [-0.25, -0.2) is 0 Å². The number of ether oxygens (including phenoxy) is 1. The van der Waals surface area contributed by atoms with Crippen LogP contribution in [0.25, 0.3) is 0 Å². The van der Waals surface area contributed by atoms with Gasteiger partial charge in [0.05, 0.1) is 6.61 Å². The SMILES string of the molecule is CCCCCCCCc1ccc(N(c2ccc(C)cc2)c2ccc(N(c3ccc(C)cc3)c3ccc(C)cc3)cc2)cc1.CCCCOc1ccc(N(c2ccc(C)cc2)c2ccc(N(c3ccc(C)cc3)c3ccc(C)cc3)cc2)cc1. The maximum absolute atomic E-state index is 5.93. The van der Waals surface area contributed by atoms with Crippen molar-refractivity contribution < 1.29 is 4.74 Å². The van der Waals surface area contributed by atoms with E-state index in [9.17, 15) is 0 Å². The highest BCUT2D eigenvalue weighted by Gasteiger charge is 2.19. The van der Waals surface area contributed by atoms with Crippen LogP contribution in [0.15, 0.2) is 243 Å². The highest BCUT2D eigenvalue weighted by molar-refractivity contribution is 5.83. The van der Waals surface area contributed by atoms with Crippen LogP contribution in [-0.2, 0) is 6.42 Å². The lowest BCUT2D eigenvalue weighted by atomic mass is 10.0. The van der Waals surface area contributed by atoms with Crippen molar-refractivity contribution in [3.8, 4) is 5.75 Å². The Morgan fingerprint density at radius 2 is 0.434 bits per heavy atom. The molecule has 0 saturated carbocycles. The Morgan fingerprint density at radius 3 is 0.687 bits per heavy atom. The number of anilines is 12. The molecular weight excluding hydrogens is 1010 g/mol. The summed E-state index contributed by atoms with van der Waals surface area (Å²) in [5, 5.41) is 0. The van der Waals surface area contributed by atoms with Crippen molar-refractivity contribution in [1.82, 2.24) is 0 Å². The Bertz CT molecular complexity index is 3410. The molecular formula is C78H84N4O. The van der Waals surface area contributed by atoms with Crippen molar-refractivity contribution in [2.24, 2.45) is 0 Å². The van der Waals surface area contributed by atoms with Gasteiger partial charge in [0.1, 0.15) is 5.75 Å². The minimum Gasteiger partial charge on any atom is -0.494 e. The zero-order valence-corrected chi connectivity index (χ0v) is 50.4. The van der Waals surface area contributed by atoms with Crippen molar-refractivity contribution in [1.29, 1.82) is 0 Å². The molecule has 5 heteroatoms. The maximum atomic E-state index is 5.93. The summed E-state index contributed by atoms with van der Waals surface area (Å²) in [5.74, 6) is 0.906. The van der Waals surface area contributed by atoms with Crippen LogP contribution >= 0.6 is 0 Å². The summed E-state index contributed by atoms with van der Waals surface area (Å²) >= 11 is 0. The van der Waals surface area contributed by atoms with Gasteiger partial charge in [-0.15, -0.1) is 0 Å². The average Bonchev–Trinajstić information content (AvgIpc) is 3.71. The molecule has 0 aliphatic heterocycles. The van der Waals surface area contributed by atoms with Crippen molar-refractivity contribution >= 4 is 68.2 Å². The summed E-state index contributed by atoms with van der Waals surface area (Å²) in [4.78, 5) is 9.29. The second kappa shape index (κ2) is 29.3. The van der Waals surface area contributed by atoms with Gasteiger partial charge in [0, 0.05) is 68.2 Å². The van der Waals surface area contributed by atoms with Gasteiger partial charge < -0.3 is 24.3 Å². The van der Waals surface area contributed by atoms with Crippen LogP contribution in [0.5, 0.6) is 5.75 Å². The molecule has 10 aromatic rings. The lowest BCUT2D eigenvalue weighted by molar-refractivity contribution is 0.309. The van der Waals surface area contributed by atoms with E-state index in [1.165, 1.54) is 83.2 Å². The quantitative estimate of drug-likeness (QED) is 0.0594. The predicted octanol–water partition coefficient (Wildman–Crippen LogP) is 23.2. The molecule has 0 aromatic heterocycles. The number of rotatable bonds is 23. The first-order valence-electron chi connectivity index (χ1n) is 30.2. The van der Waals surface area contributed by atoms with Gasteiger partial charge in [-0.05, 0) is 224 Å². The molecule has 0 heterocycles. The molecule has 83 heavy (non-hydrogen) atoms. The summed E-state index contributed by atoms with van der Waals surface area (Å²) in [5.41, 5.74) is 22.6. The van der Waals surface area contributed by atoms with Crippen molar-refractivity contribution in [3.63, 3.8) is 0 Å². The topological polar surface area (TPSA) is 22.2 Å². The Hall–Kier alpha value is -8.80. The molecule has 422 valence electrons. The van der Waals surface area contributed by atoms with Gasteiger partial charge in [0.25, 0.3) is 0 Å². The lowest BCUT2D eigenvalue weighted by Gasteiger charge is -2.28.